The molecule has 4 nitrogen and oxygen atoms in total. The van der Waals surface area contributed by atoms with E-state index in [1.165, 1.54) is 0 Å². The molecule has 3 atom stereocenters. The SMILES string of the molecule is CC1(C)C2CC[C@]1(C)C(=O)C(C(=O)Nc1ccc(Cl)cc1)C2=O. The lowest BCUT2D eigenvalue weighted by Gasteiger charge is -2.45. The Morgan fingerprint density at radius 3 is 2.39 bits per heavy atom. The highest BCUT2D eigenvalue weighted by Gasteiger charge is 2.65. The monoisotopic (exact) mass is 333 g/mol. The summed E-state index contributed by atoms with van der Waals surface area (Å²) in [7, 11) is 0. The van der Waals surface area contributed by atoms with Crippen molar-refractivity contribution in [1.29, 1.82) is 0 Å². The highest BCUT2D eigenvalue weighted by molar-refractivity contribution is 6.30. The van der Waals surface area contributed by atoms with Crippen LogP contribution >= 0.6 is 11.6 Å². The van der Waals surface area contributed by atoms with Crippen molar-refractivity contribution in [3.63, 3.8) is 0 Å². The topological polar surface area (TPSA) is 63.2 Å². The van der Waals surface area contributed by atoms with E-state index in [9.17, 15) is 14.4 Å². The van der Waals surface area contributed by atoms with Crippen molar-refractivity contribution < 1.29 is 14.4 Å². The van der Waals surface area contributed by atoms with Gasteiger partial charge in [-0.05, 0) is 42.5 Å². The van der Waals surface area contributed by atoms with Gasteiger partial charge in [-0.2, -0.15) is 0 Å². The number of Topliss-reactive ketones (excluding diaryl/α,β-unsaturated/α-hetero) is 2. The molecule has 1 aromatic rings. The molecule has 0 spiro atoms. The predicted molar refractivity (Wildman–Crippen MR) is 88.2 cm³/mol. The van der Waals surface area contributed by atoms with Crippen LogP contribution in [0.3, 0.4) is 0 Å². The summed E-state index contributed by atoms with van der Waals surface area (Å²) >= 11 is 5.82. The fourth-order valence-corrected chi connectivity index (χ4v) is 4.21. The number of ketones is 2. The third kappa shape index (κ3) is 2.23. The molecule has 2 bridgehead atoms. The number of fused-ring (bicyclic) bond motifs is 2. The van der Waals surface area contributed by atoms with Gasteiger partial charge >= 0.3 is 0 Å². The van der Waals surface area contributed by atoms with Gasteiger partial charge < -0.3 is 5.32 Å². The lowest BCUT2D eigenvalue weighted by molar-refractivity contribution is -0.156. The predicted octanol–water partition coefficient (Wildman–Crippen LogP) is 3.49. The number of amides is 1. The van der Waals surface area contributed by atoms with Crippen LogP contribution in [0.5, 0.6) is 0 Å². The maximum Gasteiger partial charge on any atom is 0.242 e. The lowest BCUT2D eigenvalue weighted by Crippen LogP contribution is -2.56. The minimum Gasteiger partial charge on any atom is -0.325 e. The third-order valence-electron chi connectivity index (χ3n) is 6.03. The van der Waals surface area contributed by atoms with E-state index in [1.54, 1.807) is 24.3 Å². The molecule has 0 heterocycles. The van der Waals surface area contributed by atoms with E-state index in [0.717, 1.165) is 0 Å². The summed E-state index contributed by atoms with van der Waals surface area (Å²) in [6, 6.07) is 6.60. The van der Waals surface area contributed by atoms with Crippen molar-refractivity contribution in [3.8, 4) is 0 Å². The van der Waals surface area contributed by atoms with E-state index >= 15 is 0 Å². The normalized spacial score (nSPS) is 32.0. The van der Waals surface area contributed by atoms with E-state index in [1.807, 2.05) is 20.8 Å². The fraction of sp³-hybridized carbons (Fsp3) is 0.500. The standard InChI is InChI=1S/C18H20ClNO3/c1-17(2)12-8-9-18(17,3)15(22)13(14(12)21)16(23)20-11-6-4-10(19)5-7-11/h4-7,12-13H,8-9H2,1-3H3,(H,20,23)/t12?,13?,18-/m1/s1. The molecule has 1 amide bonds. The molecule has 2 aliphatic rings. The van der Waals surface area contributed by atoms with Crippen LogP contribution in [-0.2, 0) is 14.4 Å². The molecule has 1 N–H and O–H groups in total. The van der Waals surface area contributed by atoms with Crippen LogP contribution in [0.25, 0.3) is 0 Å². The number of hydrogen-bond acceptors (Lipinski definition) is 3. The Morgan fingerprint density at radius 1 is 1.17 bits per heavy atom. The molecule has 0 radical (unpaired) electrons. The van der Waals surface area contributed by atoms with Gasteiger partial charge in [-0.1, -0.05) is 32.4 Å². The van der Waals surface area contributed by atoms with Crippen molar-refractivity contribution in [2.24, 2.45) is 22.7 Å². The molecule has 3 rings (SSSR count). The molecule has 23 heavy (non-hydrogen) atoms. The molecule has 2 fully saturated rings. The molecule has 2 aliphatic carbocycles. The van der Waals surface area contributed by atoms with Crippen molar-refractivity contribution in [2.75, 3.05) is 5.32 Å². The van der Waals surface area contributed by atoms with Crippen LogP contribution in [0.15, 0.2) is 24.3 Å². The zero-order chi connectivity index (χ0) is 17.0. The number of anilines is 1. The van der Waals surface area contributed by atoms with Crippen molar-refractivity contribution in [3.05, 3.63) is 29.3 Å². The molecule has 1 aromatic carbocycles. The van der Waals surface area contributed by atoms with E-state index in [4.69, 9.17) is 11.6 Å². The maximum absolute atomic E-state index is 12.9. The minimum absolute atomic E-state index is 0.230. The Balaban J connectivity index is 1.88. The van der Waals surface area contributed by atoms with Crippen LogP contribution in [-0.4, -0.2) is 17.5 Å². The quantitative estimate of drug-likeness (QED) is 0.843. The smallest absolute Gasteiger partial charge is 0.242 e. The fourth-order valence-electron chi connectivity index (χ4n) is 4.08. The molecular weight excluding hydrogens is 314 g/mol. The molecule has 5 heteroatoms. The van der Waals surface area contributed by atoms with Crippen LogP contribution < -0.4 is 5.32 Å². The zero-order valence-corrected chi connectivity index (χ0v) is 14.2. The Labute approximate surface area is 140 Å². The molecule has 122 valence electrons. The number of benzene rings is 1. The van der Waals surface area contributed by atoms with Gasteiger partial charge in [0.15, 0.2) is 17.5 Å². The third-order valence-corrected chi connectivity index (χ3v) is 6.29. The Bertz CT molecular complexity index is 695. The number of nitrogens with one attached hydrogen (secondary N) is 1. The maximum atomic E-state index is 12.9. The van der Waals surface area contributed by atoms with Gasteiger partial charge in [0.25, 0.3) is 0 Å². The first-order valence-electron chi connectivity index (χ1n) is 7.83. The first-order chi connectivity index (χ1) is 10.7. The molecule has 2 saturated carbocycles. The van der Waals surface area contributed by atoms with Crippen LogP contribution in [0.1, 0.15) is 33.6 Å². The highest BCUT2D eigenvalue weighted by atomic mass is 35.5. The van der Waals surface area contributed by atoms with Gasteiger partial charge in [-0.3, -0.25) is 14.4 Å². The Morgan fingerprint density at radius 2 is 1.78 bits per heavy atom. The summed E-state index contributed by atoms with van der Waals surface area (Å²) in [4.78, 5) is 38.2. The summed E-state index contributed by atoms with van der Waals surface area (Å²) in [5.41, 5.74) is -0.478. The van der Waals surface area contributed by atoms with Crippen LogP contribution in [0, 0.1) is 22.7 Å². The number of hydrogen-bond donors (Lipinski definition) is 1. The summed E-state index contributed by atoms with van der Waals surface area (Å²) in [6.07, 6.45) is 1.35. The van der Waals surface area contributed by atoms with Gasteiger partial charge in [-0.15, -0.1) is 0 Å². The second-order valence-electron chi connectivity index (χ2n) is 7.34. The first-order valence-corrected chi connectivity index (χ1v) is 8.21. The summed E-state index contributed by atoms with van der Waals surface area (Å²) in [5.74, 6) is -2.44. The lowest BCUT2D eigenvalue weighted by atomic mass is 9.55. The van der Waals surface area contributed by atoms with Gasteiger partial charge in [0.2, 0.25) is 5.91 Å². The largest absolute Gasteiger partial charge is 0.325 e. The van der Waals surface area contributed by atoms with E-state index < -0.39 is 22.7 Å². The zero-order valence-electron chi connectivity index (χ0n) is 13.5. The average Bonchev–Trinajstić information content (AvgIpc) is 2.66. The Kier molecular flexibility index (Phi) is 3.64. The van der Waals surface area contributed by atoms with Crippen molar-refractivity contribution in [1.82, 2.24) is 0 Å². The van der Waals surface area contributed by atoms with Gasteiger partial charge in [-0.25, -0.2) is 0 Å². The van der Waals surface area contributed by atoms with Crippen molar-refractivity contribution in [2.45, 2.75) is 33.6 Å². The van der Waals surface area contributed by atoms with E-state index in [0.29, 0.717) is 23.6 Å². The van der Waals surface area contributed by atoms with Gasteiger partial charge in [0.1, 0.15) is 0 Å². The van der Waals surface area contributed by atoms with Gasteiger partial charge in [0, 0.05) is 22.0 Å². The Hall–Kier alpha value is -1.68. The van der Waals surface area contributed by atoms with Crippen LogP contribution in [0.4, 0.5) is 5.69 Å². The van der Waals surface area contributed by atoms with Gasteiger partial charge in [0.05, 0.1) is 0 Å². The number of carbonyl (C=O) groups excluding carboxylic acids is 3. The summed E-state index contributed by atoms with van der Waals surface area (Å²) in [5, 5.41) is 3.23. The minimum atomic E-state index is -1.20. The summed E-state index contributed by atoms with van der Waals surface area (Å²) in [6.45, 7) is 5.83. The van der Waals surface area contributed by atoms with E-state index in [2.05, 4.69) is 5.32 Å². The molecular formula is C18H20ClNO3. The first kappa shape index (κ1) is 16.2. The van der Waals surface area contributed by atoms with Crippen LogP contribution in [0.2, 0.25) is 5.02 Å². The molecule has 2 unspecified atom stereocenters. The van der Waals surface area contributed by atoms with E-state index in [-0.39, 0.29) is 17.5 Å². The number of halogens is 1. The second kappa shape index (κ2) is 5.17. The number of rotatable bonds is 2. The average molecular weight is 334 g/mol. The number of carbonyl (C=O) groups is 3. The second-order valence-corrected chi connectivity index (χ2v) is 7.78. The molecule has 0 aliphatic heterocycles. The van der Waals surface area contributed by atoms with Crippen molar-refractivity contribution >= 4 is 34.8 Å². The summed E-state index contributed by atoms with van der Waals surface area (Å²) < 4.78 is 0. The highest BCUT2D eigenvalue weighted by Crippen LogP contribution is 2.61. The molecule has 0 saturated heterocycles. The molecule has 0 aromatic heterocycles.